The summed E-state index contributed by atoms with van der Waals surface area (Å²) in [6.45, 7) is 2.56. The van der Waals surface area contributed by atoms with Gasteiger partial charge in [0, 0.05) is 6.54 Å². The van der Waals surface area contributed by atoms with Crippen LogP contribution in [0.1, 0.15) is 39.0 Å². The van der Waals surface area contributed by atoms with Crippen LogP contribution in [0, 0.1) is 0 Å². The van der Waals surface area contributed by atoms with Crippen LogP contribution in [0.25, 0.3) is 0 Å². The lowest BCUT2D eigenvalue weighted by molar-refractivity contribution is -0.148. The molecule has 0 aliphatic carbocycles. The molecule has 1 rings (SSSR count). The molecule has 1 aliphatic heterocycles. The lowest BCUT2D eigenvalue weighted by Crippen LogP contribution is -2.48. The molecular weight excluding hydrogens is 208 g/mol. The Morgan fingerprint density at radius 2 is 2.25 bits per heavy atom. The number of carbonyl (C=O) groups excluding carboxylic acids is 1. The minimum Gasteiger partial charge on any atom is -0.480 e. The van der Waals surface area contributed by atoms with E-state index in [4.69, 9.17) is 10.8 Å². The van der Waals surface area contributed by atoms with Crippen LogP contribution in [0.2, 0.25) is 0 Å². The van der Waals surface area contributed by atoms with E-state index in [1.54, 1.807) is 0 Å². The zero-order valence-electron chi connectivity index (χ0n) is 9.69. The molecule has 92 valence electrons. The van der Waals surface area contributed by atoms with E-state index in [1.165, 1.54) is 4.90 Å². The number of rotatable bonds is 5. The van der Waals surface area contributed by atoms with Crippen molar-refractivity contribution >= 4 is 11.9 Å². The number of hydrogen-bond acceptors (Lipinski definition) is 3. The van der Waals surface area contributed by atoms with Gasteiger partial charge >= 0.3 is 5.97 Å². The molecule has 3 N–H and O–H groups in total. The first kappa shape index (κ1) is 13.0. The highest BCUT2D eigenvalue weighted by atomic mass is 16.4. The minimum atomic E-state index is -0.923. The Labute approximate surface area is 95.6 Å². The molecule has 0 aromatic carbocycles. The highest BCUT2D eigenvalue weighted by Crippen LogP contribution is 2.19. The number of aliphatic carboxylic acids is 1. The molecule has 0 spiro atoms. The van der Waals surface area contributed by atoms with Crippen molar-refractivity contribution in [2.75, 3.05) is 6.54 Å². The lowest BCUT2D eigenvalue weighted by Gasteiger charge is -2.24. The van der Waals surface area contributed by atoms with E-state index in [0.717, 1.165) is 19.3 Å². The average Bonchev–Trinajstić information content (AvgIpc) is 2.73. The number of carboxylic acid groups (broad SMARTS) is 1. The molecule has 16 heavy (non-hydrogen) atoms. The van der Waals surface area contributed by atoms with Crippen LogP contribution in [0.4, 0.5) is 0 Å². The maximum absolute atomic E-state index is 11.9. The molecule has 1 fully saturated rings. The Morgan fingerprint density at radius 3 is 2.81 bits per heavy atom. The minimum absolute atomic E-state index is 0.210. The summed E-state index contributed by atoms with van der Waals surface area (Å²) in [7, 11) is 0. The fourth-order valence-electron chi connectivity index (χ4n) is 2.05. The van der Waals surface area contributed by atoms with Gasteiger partial charge in [-0.05, 0) is 19.3 Å². The van der Waals surface area contributed by atoms with Crippen molar-refractivity contribution in [1.82, 2.24) is 4.90 Å². The van der Waals surface area contributed by atoms with Gasteiger partial charge in [0.15, 0.2) is 0 Å². The van der Waals surface area contributed by atoms with Crippen LogP contribution in [-0.4, -0.2) is 40.5 Å². The summed E-state index contributed by atoms with van der Waals surface area (Å²) in [6, 6.07) is -1.21. The number of hydrogen-bond donors (Lipinski definition) is 2. The van der Waals surface area contributed by atoms with Crippen molar-refractivity contribution in [2.24, 2.45) is 5.73 Å². The van der Waals surface area contributed by atoms with Crippen LogP contribution in [0.3, 0.4) is 0 Å². The molecule has 1 saturated heterocycles. The first-order valence-electron chi connectivity index (χ1n) is 5.86. The Balaban J connectivity index is 2.55. The van der Waals surface area contributed by atoms with Gasteiger partial charge in [0.25, 0.3) is 0 Å². The van der Waals surface area contributed by atoms with Gasteiger partial charge in [-0.1, -0.05) is 19.8 Å². The zero-order chi connectivity index (χ0) is 12.1. The van der Waals surface area contributed by atoms with Crippen molar-refractivity contribution in [3.8, 4) is 0 Å². The van der Waals surface area contributed by atoms with Gasteiger partial charge in [-0.25, -0.2) is 4.79 Å². The number of unbranched alkanes of at least 4 members (excludes halogenated alkanes) is 1. The van der Waals surface area contributed by atoms with E-state index in [1.807, 2.05) is 6.92 Å². The summed E-state index contributed by atoms with van der Waals surface area (Å²) in [5.41, 5.74) is 5.76. The van der Waals surface area contributed by atoms with Gasteiger partial charge in [-0.2, -0.15) is 0 Å². The predicted octanol–water partition coefficient (Wildman–Crippen LogP) is 0.579. The quantitative estimate of drug-likeness (QED) is 0.721. The van der Waals surface area contributed by atoms with E-state index >= 15 is 0 Å². The van der Waals surface area contributed by atoms with Crippen molar-refractivity contribution in [2.45, 2.75) is 51.1 Å². The standard InChI is InChI=1S/C11H20N2O3/c1-2-3-5-8(12)10(14)13-7-4-6-9(13)11(15)16/h8-9H,2-7,12H2,1H3,(H,15,16)/t8-,9?/m0/s1. The second kappa shape index (κ2) is 5.84. The van der Waals surface area contributed by atoms with Crippen LogP contribution in [-0.2, 0) is 9.59 Å². The molecule has 1 heterocycles. The van der Waals surface area contributed by atoms with Crippen molar-refractivity contribution in [1.29, 1.82) is 0 Å². The third-order valence-electron chi connectivity index (χ3n) is 3.01. The number of nitrogens with zero attached hydrogens (tertiary/aromatic N) is 1. The molecule has 0 aromatic heterocycles. The van der Waals surface area contributed by atoms with Gasteiger partial charge < -0.3 is 15.7 Å². The SMILES string of the molecule is CCCC[C@H](N)C(=O)N1CCCC1C(=O)O. The van der Waals surface area contributed by atoms with E-state index in [0.29, 0.717) is 19.4 Å². The molecular formula is C11H20N2O3. The topological polar surface area (TPSA) is 83.6 Å². The van der Waals surface area contributed by atoms with E-state index in [9.17, 15) is 9.59 Å². The van der Waals surface area contributed by atoms with Gasteiger partial charge in [0.05, 0.1) is 6.04 Å². The van der Waals surface area contributed by atoms with Crippen LogP contribution < -0.4 is 5.73 Å². The van der Waals surface area contributed by atoms with Crippen LogP contribution in [0.15, 0.2) is 0 Å². The smallest absolute Gasteiger partial charge is 0.326 e. The number of nitrogens with two attached hydrogens (primary N) is 1. The molecule has 0 bridgehead atoms. The molecule has 0 saturated carbocycles. The predicted molar refractivity (Wildman–Crippen MR) is 59.9 cm³/mol. The van der Waals surface area contributed by atoms with Gasteiger partial charge in [0.2, 0.25) is 5.91 Å². The fourth-order valence-corrected chi connectivity index (χ4v) is 2.05. The molecule has 1 unspecified atom stereocenters. The maximum Gasteiger partial charge on any atom is 0.326 e. The van der Waals surface area contributed by atoms with Gasteiger partial charge in [0.1, 0.15) is 6.04 Å². The number of carboxylic acids is 1. The van der Waals surface area contributed by atoms with E-state index < -0.39 is 18.1 Å². The van der Waals surface area contributed by atoms with E-state index in [2.05, 4.69) is 0 Å². The highest BCUT2D eigenvalue weighted by Gasteiger charge is 2.35. The van der Waals surface area contributed by atoms with Gasteiger partial charge in [-0.3, -0.25) is 4.79 Å². The van der Waals surface area contributed by atoms with Crippen molar-refractivity contribution in [3.63, 3.8) is 0 Å². The zero-order valence-corrected chi connectivity index (χ0v) is 9.69. The third-order valence-corrected chi connectivity index (χ3v) is 3.01. The number of likely N-dealkylation sites (tertiary alicyclic amines) is 1. The molecule has 0 aromatic rings. The normalized spacial score (nSPS) is 22.1. The summed E-state index contributed by atoms with van der Waals surface area (Å²) >= 11 is 0. The average molecular weight is 228 g/mol. The molecule has 1 aliphatic rings. The monoisotopic (exact) mass is 228 g/mol. The first-order chi connectivity index (χ1) is 7.57. The molecule has 2 atom stereocenters. The Kier molecular flexibility index (Phi) is 4.73. The fraction of sp³-hybridized carbons (Fsp3) is 0.818. The summed E-state index contributed by atoms with van der Waals surface area (Å²) in [4.78, 5) is 24.2. The third kappa shape index (κ3) is 2.95. The largest absolute Gasteiger partial charge is 0.480 e. The lowest BCUT2D eigenvalue weighted by atomic mass is 10.1. The Morgan fingerprint density at radius 1 is 1.56 bits per heavy atom. The maximum atomic E-state index is 11.9. The van der Waals surface area contributed by atoms with Crippen molar-refractivity contribution in [3.05, 3.63) is 0 Å². The van der Waals surface area contributed by atoms with Crippen molar-refractivity contribution < 1.29 is 14.7 Å². The second-order valence-corrected chi connectivity index (χ2v) is 4.28. The summed E-state index contributed by atoms with van der Waals surface area (Å²) in [5.74, 6) is -1.13. The van der Waals surface area contributed by atoms with Crippen LogP contribution >= 0.6 is 0 Å². The summed E-state index contributed by atoms with van der Waals surface area (Å²) < 4.78 is 0. The number of amides is 1. The molecule has 0 radical (unpaired) electrons. The molecule has 5 nitrogen and oxygen atoms in total. The summed E-state index contributed by atoms with van der Waals surface area (Å²) in [6.07, 6.45) is 3.82. The van der Waals surface area contributed by atoms with E-state index in [-0.39, 0.29) is 5.91 Å². The number of carbonyl (C=O) groups is 2. The van der Waals surface area contributed by atoms with Gasteiger partial charge in [-0.15, -0.1) is 0 Å². The van der Waals surface area contributed by atoms with Crippen LogP contribution in [0.5, 0.6) is 0 Å². The molecule has 1 amide bonds. The Bertz CT molecular complexity index is 268. The second-order valence-electron chi connectivity index (χ2n) is 4.28. The highest BCUT2D eigenvalue weighted by molar-refractivity contribution is 5.87. The molecule has 5 heteroatoms. The Hall–Kier alpha value is -1.10. The summed E-state index contributed by atoms with van der Waals surface area (Å²) in [5, 5.41) is 8.96. The first-order valence-corrected chi connectivity index (χ1v) is 5.86.